The lowest BCUT2D eigenvalue weighted by atomic mass is 9.93. The fraction of sp³-hybridized carbons (Fsp3) is 0.455. The first-order chi connectivity index (χ1) is 6.74. The lowest BCUT2D eigenvalue weighted by molar-refractivity contribution is 0.591. The van der Waals surface area contributed by atoms with Crippen LogP contribution in [0.5, 0.6) is 0 Å². The number of fused-ring (bicyclic) bond motifs is 1. The molecule has 1 aliphatic rings. The summed E-state index contributed by atoms with van der Waals surface area (Å²) in [5, 5.41) is 4.23. The molecule has 0 radical (unpaired) electrons. The molecule has 1 aromatic carbocycles. The van der Waals surface area contributed by atoms with Gasteiger partial charge in [-0.3, -0.25) is 0 Å². The molecule has 0 amide bonds. The van der Waals surface area contributed by atoms with Gasteiger partial charge in [0.2, 0.25) is 0 Å². The third kappa shape index (κ3) is 1.49. The Morgan fingerprint density at radius 2 is 2.29 bits per heavy atom. The first-order valence-electron chi connectivity index (χ1n) is 4.99. The Balaban J connectivity index is 2.37. The number of halogens is 1. The predicted octanol–water partition coefficient (Wildman–Crippen LogP) is 2.59. The summed E-state index contributed by atoms with van der Waals surface area (Å²) in [4.78, 5) is 0. The van der Waals surface area contributed by atoms with Gasteiger partial charge in [-0.05, 0) is 31.5 Å². The van der Waals surface area contributed by atoms with E-state index in [0.717, 1.165) is 23.7 Å². The fourth-order valence-corrected chi connectivity index (χ4v) is 2.42. The zero-order valence-electron chi connectivity index (χ0n) is 8.26. The van der Waals surface area contributed by atoms with Crippen molar-refractivity contribution in [2.24, 2.45) is 5.73 Å². The summed E-state index contributed by atoms with van der Waals surface area (Å²) >= 11 is 6.11. The van der Waals surface area contributed by atoms with Crippen molar-refractivity contribution in [3.8, 4) is 0 Å². The zero-order chi connectivity index (χ0) is 10.1. The molecule has 2 rings (SSSR count). The highest BCUT2D eigenvalue weighted by molar-refractivity contribution is 6.33. The Bertz CT molecular complexity index is 338. The molecule has 2 unspecified atom stereocenters. The molecule has 14 heavy (non-hydrogen) atoms. The van der Waals surface area contributed by atoms with Gasteiger partial charge in [-0.25, -0.2) is 0 Å². The first kappa shape index (κ1) is 9.81. The number of anilines is 1. The fourth-order valence-electron chi connectivity index (χ4n) is 2.18. The Morgan fingerprint density at radius 3 is 3.00 bits per heavy atom. The van der Waals surface area contributed by atoms with E-state index in [2.05, 4.69) is 18.3 Å². The molecule has 3 heteroatoms. The molecule has 76 valence electrons. The zero-order valence-corrected chi connectivity index (χ0v) is 9.01. The maximum absolute atomic E-state index is 6.11. The van der Waals surface area contributed by atoms with Crippen LogP contribution < -0.4 is 11.1 Å². The summed E-state index contributed by atoms with van der Waals surface area (Å²) in [6.45, 7) is 2.90. The smallest absolute Gasteiger partial charge is 0.0640 e. The highest BCUT2D eigenvalue weighted by atomic mass is 35.5. The molecule has 0 saturated heterocycles. The van der Waals surface area contributed by atoms with Crippen molar-refractivity contribution in [2.75, 3.05) is 11.9 Å². The van der Waals surface area contributed by atoms with Gasteiger partial charge in [0.25, 0.3) is 0 Å². The maximum atomic E-state index is 6.11. The van der Waals surface area contributed by atoms with Crippen molar-refractivity contribution in [1.29, 1.82) is 0 Å². The molecular formula is C11H15ClN2. The molecule has 2 atom stereocenters. The van der Waals surface area contributed by atoms with Crippen molar-refractivity contribution in [3.63, 3.8) is 0 Å². The minimum atomic E-state index is 0.438. The van der Waals surface area contributed by atoms with E-state index in [1.54, 1.807) is 0 Å². The van der Waals surface area contributed by atoms with Crippen molar-refractivity contribution < 1.29 is 0 Å². The average Bonchev–Trinajstić information content (AvgIpc) is 2.47. The van der Waals surface area contributed by atoms with Crippen LogP contribution in [0.3, 0.4) is 0 Å². The third-order valence-electron chi connectivity index (χ3n) is 2.90. The second-order valence-electron chi connectivity index (χ2n) is 3.82. The van der Waals surface area contributed by atoms with Gasteiger partial charge in [0.05, 0.1) is 10.7 Å². The second-order valence-corrected chi connectivity index (χ2v) is 4.23. The van der Waals surface area contributed by atoms with Crippen LogP contribution in [0.25, 0.3) is 0 Å². The molecule has 0 spiro atoms. The van der Waals surface area contributed by atoms with E-state index in [-0.39, 0.29) is 0 Å². The van der Waals surface area contributed by atoms with Crippen molar-refractivity contribution in [2.45, 2.75) is 25.3 Å². The molecule has 0 bridgehead atoms. The summed E-state index contributed by atoms with van der Waals surface area (Å²) < 4.78 is 0. The molecule has 1 aromatic rings. The van der Waals surface area contributed by atoms with Gasteiger partial charge < -0.3 is 11.1 Å². The molecule has 0 aromatic heterocycles. The molecule has 0 saturated carbocycles. The minimum Gasteiger partial charge on any atom is -0.381 e. The lowest BCUT2D eigenvalue weighted by Gasteiger charge is -2.14. The molecule has 3 N–H and O–H groups in total. The first-order valence-corrected chi connectivity index (χ1v) is 5.37. The molecule has 2 nitrogen and oxygen atoms in total. The van der Waals surface area contributed by atoms with E-state index in [9.17, 15) is 0 Å². The summed E-state index contributed by atoms with van der Waals surface area (Å²) in [6, 6.07) is 6.50. The summed E-state index contributed by atoms with van der Waals surface area (Å²) in [5.41, 5.74) is 8.02. The van der Waals surface area contributed by atoms with Crippen molar-refractivity contribution >= 4 is 17.3 Å². The van der Waals surface area contributed by atoms with Gasteiger partial charge >= 0.3 is 0 Å². The number of hydrogen-bond acceptors (Lipinski definition) is 2. The van der Waals surface area contributed by atoms with Gasteiger partial charge in [0.15, 0.2) is 0 Å². The highest BCUT2D eigenvalue weighted by Crippen LogP contribution is 2.41. The number of nitrogens with one attached hydrogen (secondary N) is 1. The average molecular weight is 211 g/mol. The van der Waals surface area contributed by atoms with Gasteiger partial charge in [-0.15, -0.1) is 0 Å². The van der Waals surface area contributed by atoms with Crippen LogP contribution in [0.2, 0.25) is 5.02 Å². The van der Waals surface area contributed by atoms with E-state index in [1.165, 1.54) is 5.56 Å². The molecule has 1 aliphatic heterocycles. The summed E-state index contributed by atoms with van der Waals surface area (Å²) in [6.07, 6.45) is 1.02. The largest absolute Gasteiger partial charge is 0.381 e. The van der Waals surface area contributed by atoms with Crippen LogP contribution in [0.1, 0.15) is 24.8 Å². The standard InChI is InChI=1S/C11H15ClN2/c1-7-8(5-6-13)9-3-2-4-10(12)11(9)14-7/h2-4,7-8,14H,5-6,13H2,1H3. The predicted molar refractivity (Wildman–Crippen MR) is 60.9 cm³/mol. The minimum absolute atomic E-state index is 0.438. The molecule has 1 heterocycles. The topological polar surface area (TPSA) is 38.0 Å². The van der Waals surface area contributed by atoms with Crippen LogP contribution in [-0.2, 0) is 0 Å². The monoisotopic (exact) mass is 210 g/mol. The number of benzene rings is 1. The number of para-hydroxylation sites is 1. The van der Waals surface area contributed by atoms with E-state index >= 15 is 0 Å². The normalized spacial score (nSPS) is 24.5. The Morgan fingerprint density at radius 1 is 1.50 bits per heavy atom. The van der Waals surface area contributed by atoms with Gasteiger partial charge in [-0.2, -0.15) is 0 Å². The number of rotatable bonds is 2. The molecule has 0 aliphatic carbocycles. The van der Waals surface area contributed by atoms with Crippen LogP contribution in [0.15, 0.2) is 18.2 Å². The highest BCUT2D eigenvalue weighted by Gasteiger charge is 2.29. The Kier molecular flexibility index (Phi) is 2.66. The van der Waals surface area contributed by atoms with Crippen LogP contribution in [0.4, 0.5) is 5.69 Å². The lowest BCUT2D eigenvalue weighted by Crippen LogP contribution is -2.18. The van der Waals surface area contributed by atoms with E-state index in [1.807, 2.05) is 12.1 Å². The van der Waals surface area contributed by atoms with Gasteiger partial charge in [0.1, 0.15) is 0 Å². The van der Waals surface area contributed by atoms with E-state index in [0.29, 0.717) is 12.0 Å². The maximum Gasteiger partial charge on any atom is 0.0640 e. The Labute approximate surface area is 89.4 Å². The number of hydrogen-bond donors (Lipinski definition) is 2. The van der Waals surface area contributed by atoms with Crippen LogP contribution >= 0.6 is 11.6 Å². The number of nitrogens with two attached hydrogens (primary N) is 1. The SMILES string of the molecule is CC1Nc2c(Cl)cccc2C1CCN. The van der Waals surface area contributed by atoms with Crippen LogP contribution in [0, 0.1) is 0 Å². The third-order valence-corrected chi connectivity index (χ3v) is 3.21. The van der Waals surface area contributed by atoms with E-state index < -0.39 is 0 Å². The van der Waals surface area contributed by atoms with Crippen molar-refractivity contribution in [1.82, 2.24) is 0 Å². The van der Waals surface area contributed by atoms with Gasteiger partial charge in [-0.1, -0.05) is 23.7 Å². The Hall–Kier alpha value is -0.730. The summed E-state index contributed by atoms with van der Waals surface area (Å²) in [7, 11) is 0. The quantitative estimate of drug-likeness (QED) is 0.788. The van der Waals surface area contributed by atoms with Gasteiger partial charge in [0, 0.05) is 12.0 Å². The van der Waals surface area contributed by atoms with Crippen LogP contribution in [-0.4, -0.2) is 12.6 Å². The van der Waals surface area contributed by atoms with E-state index in [4.69, 9.17) is 17.3 Å². The molecule has 0 fully saturated rings. The molecular weight excluding hydrogens is 196 g/mol. The van der Waals surface area contributed by atoms with Crippen molar-refractivity contribution in [3.05, 3.63) is 28.8 Å². The summed E-state index contributed by atoms with van der Waals surface area (Å²) in [5.74, 6) is 0.508. The second kappa shape index (κ2) is 3.79.